The number of likely N-dealkylation sites (tertiary alicyclic amines) is 1. The predicted octanol–water partition coefficient (Wildman–Crippen LogP) is 0.481. The lowest BCUT2D eigenvalue weighted by Gasteiger charge is -2.14. The van der Waals surface area contributed by atoms with Gasteiger partial charge in [0.15, 0.2) is 5.76 Å². The molecule has 0 aromatic carbocycles. The molecular formula is C13H19N3O3. The largest absolute Gasteiger partial charge is 0.455 e. The number of rotatable bonds is 5. The van der Waals surface area contributed by atoms with E-state index >= 15 is 0 Å². The Morgan fingerprint density at radius 3 is 2.68 bits per heavy atom. The van der Waals surface area contributed by atoms with E-state index in [9.17, 15) is 9.59 Å². The van der Waals surface area contributed by atoms with E-state index in [1.54, 1.807) is 12.1 Å². The second-order valence-electron chi connectivity index (χ2n) is 4.56. The van der Waals surface area contributed by atoms with Crippen LogP contribution >= 0.6 is 0 Å². The van der Waals surface area contributed by atoms with Crippen LogP contribution in [0.5, 0.6) is 0 Å². The van der Waals surface area contributed by atoms with E-state index in [2.05, 4.69) is 5.32 Å². The highest BCUT2D eigenvalue weighted by Gasteiger charge is 2.18. The molecule has 2 amide bonds. The molecule has 0 bridgehead atoms. The Morgan fingerprint density at radius 1 is 1.32 bits per heavy atom. The zero-order valence-electron chi connectivity index (χ0n) is 10.9. The van der Waals surface area contributed by atoms with Crippen molar-refractivity contribution < 1.29 is 14.0 Å². The molecule has 6 heteroatoms. The SMILES string of the molecule is NCc1ccc(C(=O)NCCC(=O)N2CCCC2)o1. The second-order valence-corrected chi connectivity index (χ2v) is 4.56. The van der Waals surface area contributed by atoms with Crippen molar-refractivity contribution >= 4 is 11.8 Å². The lowest BCUT2D eigenvalue weighted by molar-refractivity contribution is -0.129. The van der Waals surface area contributed by atoms with Crippen LogP contribution in [0.15, 0.2) is 16.5 Å². The number of hydrogen-bond donors (Lipinski definition) is 2. The van der Waals surface area contributed by atoms with Gasteiger partial charge in [0.25, 0.3) is 5.91 Å². The van der Waals surface area contributed by atoms with Gasteiger partial charge >= 0.3 is 0 Å². The highest BCUT2D eigenvalue weighted by Crippen LogP contribution is 2.09. The fourth-order valence-electron chi connectivity index (χ4n) is 2.10. The number of nitrogens with one attached hydrogen (secondary N) is 1. The number of carbonyl (C=O) groups is 2. The highest BCUT2D eigenvalue weighted by molar-refractivity contribution is 5.91. The summed E-state index contributed by atoms with van der Waals surface area (Å²) in [5.41, 5.74) is 5.40. The quantitative estimate of drug-likeness (QED) is 0.810. The summed E-state index contributed by atoms with van der Waals surface area (Å²) in [7, 11) is 0. The van der Waals surface area contributed by atoms with Crippen LogP contribution in [-0.4, -0.2) is 36.3 Å². The summed E-state index contributed by atoms with van der Waals surface area (Å²) in [4.78, 5) is 25.3. The van der Waals surface area contributed by atoms with Crippen molar-refractivity contribution in [3.63, 3.8) is 0 Å². The molecule has 1 aliphatic rings. The van der Waals surface area contributed by atoms with Crippen LogP contribution in [0.1, 0.15) is 35.6 Å². The van der Waals surface area contributed by atoms with E-state index in [1.165, 1.54) is 0 Å². The molecule has 0 saturated carbocycles. The molecular weight excluding hydrogens is 246 g/mol. The number of hydrogen-bond acceptors (Lipinski definition) is 4. The van der Waals surface area contributed by atoms with Gasteiger partial charge < -0.3 is 20.4 Å². The van der Waals surface area contributed by atoms with Gasteiger partial charge in [0, 0.05) is 26.1 Å². The smallest absolute Gasteiger partial charge is 0.287 e. The first-order valence-corrected chi connectivity index (χ1v) is 6.55. The monoisotopic (exact) mass is 265 g/mol. The van der Waals surface area contributed by atoms with Crippen LogP contribution in [0.4, 0.5) is 0 Å². The Kier molecular flexibility index (Phi) is 4.57. The number of furan rings is 1. The van der Waals surface area contributed by atoms with Gasteiger partial charge in [0.1, 0.15) is 5.76 Å². The minimum atomic E-state index is -0.311. The van der Waals surface area contributed by atoms with Gasteiger partial charge in [0.05, 0.1) is 6.54 Å². The first-order valence-electron chi connectivity index (χ1n) is 6.55. The Labute approximate surface area is 111 Å². The molecule has 0 spiro atoms. The van der Waals surface area contributed by atoms with Crippen molar-refractivity contribution in [1.82, 2.24) is 10.2 Å². The molecule has 6 nitrogen and oxygen atoms in total. The van der Waals surface area contributed by atoms with E-state index in [0.717, 1.165) is 25.9 Å². The third-order valence-corrected chi connectivity index (χ3v) is 3.17. The molecule has 3 N–H and O–H groups in total. The molecule has 1 aromatic heterocycles. The fraction of sp³-hybridized carbons (Fsp3) is 0.538. The summed E-state index contributed by atoms with van der Waals surface area (Å²) in [5.74, 6) is 0.584. The van der Waals surface area contributed by atoms with Gasteiger partial charge in [-0.3, -0.25) is 9.59 Å². The molecule has 1 aromatic rings. The maximum absolute atomic E-state index is 11.7. The Hall–Kier alpha value is -1.82. The third kappa shape index (κ3) is 3.57. The van der Waals surface area contributed by atoms with Gasteiger partial charge in [-0.15, -0.1) is 0 Å². The first kappa shape index (κ1) is 13.6. The lowest BCUT2D eigenvalue weighted by atomic mass is 10.3. The minimum Gasteiger partial charge on any atom is -0.455 e. The van der Waals surface area contributed by atoms with Crippen molar-refractivity contribution in [3.05, 3.63) is 23.7 Å². The normalized spacial score (nSPS) is 14.7. The van der Waals surface area contributed by atoms with E-state index < -0.39 is 0 Å². The average molecular weight is 265 g/mol. The Morgan fingerprint density at radius 2 is 2.05 bits per heavy atom. The Balaban J connectivity index is 1.72. The topological polar surface area (TPSA) is 88.6 Å². The summed E-state index contributed by atoms with van der Waals surface area (Å²) in [6, 6.07) is 3.25. The molecule has 2 rings (SSSR count). The van der Waals surface area contributed by atoms with Crippen LogP contribution in [0.2, 0.25) is 0 Å². The molecule has 0 unspecified atom stereocenters. The van der Waals surface area contributed by atoms with Crippen LogP contribution in [0, 0.1) is 0 Å². The molecule has 2 heterocycles. The number of nitrogens with zero attached hydrogens (tertiary/aromatic N) is 1. The second kappa shape index (κ2) is 6.38. The summed E-state index contributed by atoms with van der Waals surface area (Å²) >= 11 is 0. The van der Waals surface area contributed by atoms with Gasteiger partial charge in [-0.2, -0.15) is 0 Å². The van der Waals surface area contributed by atoms with Crippen molar-refractivity contribution in [3.8, 4) is 0 Å². The minimum absolute atomic E-state index is 0.0971. The molecule has 1 fully saturated rings. The fourth-order valence-corrected chi connectivity index (χ4v) is 2.10. The summed E-state index contributed by atoms with van der Waals surface area (Å²) in [5, 5.41) is 2.67. The Bertz CT molecular complexity index is 450. The van der Waals surface area contributed by atoms with E-state index in [-0.39, 0.29) is 24.1 Å². The first-order chi connectivity index (χ1) is 9.20. The van der Waals surface area contributed by atoms with Crippen molar-refractivity contribution in [2.45, 2.75) is 25.8 Å². The molecule has 0 atom stereocenters. The zero-order valence-corrected chi connectivity index (χ0v) is 10.9. The molecule has 104 valence electrons. The van der Waals surface area contributed by atoms with Crippen molar-refractivity contribution in [2.24, 2.45) is 5.73 Å². The maximum Gasteiger partial charge on any atom is 0.287 e. The number of amides is 2. The van der Waals surface area contributed by atoms with Crippen molar-refractivity contribution in [2.75, 3.05) is 19.6 Å². The molecule has 0 aliphatic carbocycles. The van der Waals surface area contributed by atoms with Gasteiger partial charge in [-0.25, -0.2) is 0 Å². The van der Waals surface area contributed by atoms with Gasteiger partial charge in [0.2, 0.25) is 5.91 Å². The summed E-state index contributed by atoms with van der Waals surface area (Å²) in [6.07, 6.45) is 2.48. The van der Waals surface area contributed by atoms with Gasteiger partial charge in [-0.1, -0.05) is 0 Å². The van der Waals surface area contributed by atoms with Crippen LogP contribution < -0.4 is 11.1 Å². The summed E-state index contributed by atoms with van der Waals surface area (Å²) < 4.78 is 5.22. The molecule has 1 saturated heterocycles. The van der Waals surface area contributed by atoms with Crippen LogP contribution in [-0.2, 0) is 11.3 Å². The van der Waals surface area contributed by atoms with Crippen LogP contribution in [0.25, 0.3) is 0 Å². The predicted molar refractivity (Wildman–Crippen MR) is 69.4 cm³/mol. The standard InChI is InChI=1S/C13H19N3O3/c14-9-10-3-4-11(19-10)13(18)15-6-5-12(17)16-7-1-2-8-16/h3-4H,1-2,5-9,14H2,(H,15,18). The molecule has 0 radical (unpaired) electrons. The average Bonchev–Trinajstić information content (AvgIpc) is 3.09. The van der Waals surface area contributed by atoms with E-state index in [0.29, 0.717) is 18.7 Å². The van der Waals surface area contributed by atoms with Crippen LogP contribution in [0.3, 0.4) is 0 Å². The van der Waals surface area contributed by atoms with E-state index in [1.807, 2.05) is 4.90 Å². The molecule has 19 heavy (non-hydrogen) atoms. The van der Waals surface area contributed by atoms with E-state index in [4.69, 9.17) is 10.2 Å². The number of carbonyl (C=O) groups excluding carboxylic acids is 2. The molecule has 1 aliphatic heterocycles. The zero-order chi connectivity index (χ0) is 13.7. The third-order valence-electron chi connectivity index (χ3n) is 3.17. The lowest BCUT2D eigenvalue weighted by Crippen LogP contribution is -2.32. The summed E-state index contributed by atoms with van der Waals surface area (Å²) in [6.45, 7) is 2.27. The van der Waals surface area contributed by atoms with Crippen molar-refractivity contribution in [1.29, 1.82) is 0 Å². The number of nitrogens with two attached hydrogens (primary N) is 1. The maximum atomic E-state index is 11.7. The van der Waals surface area contributed by atoms with Gasteiger partial charge in [-0.05, 0) is 25.0 Å². The highest BCUT2D eigenvalue weighted by atomic mass is 16.4.